The lowest BCUT2D eigenvalue weighted by Gasteiger charge is -2.29. The fraction of sp³-hybridized carbons (Fsp3) is 0.400. The third-order valence-electron chi connectivity index (χ3n) is 7.16. The fourth-order valence-corrected chi connectivity index (χ4v) is 5.10. The molecule has 4 heteroatoms. The Morgan fingerprint density at radius 1 is 0.794 bits per heavy atom. The summed E-state index contributed by atoms with van der Waals surface area (Å²) in [5.41, 5.74) is 3.53. The lowest BCUT2D eigenvalue weighted by molar-refractivity contribution is 0.279. The Bertz CT molecular complexity index is 1100. The molecule has 1 fully saturated rings. The summed E-state index contributed by atoms with van der Waals surface area (Å²) in [5.74, 6) is -1.22. The summed E-state index contributed by atoms with van der Waals surface area (Å²) >= 11 is 0. The highest BCUT2D eigenvalue weighted by molar-refractivity contribution is 5.64. The van der Waals surface area contributed by atoms with Crippen molar-refractivity contribution in [1.29, 1.82) is 0 Å². The number of rotatable bonds is 8. The van der Waals surface area contributed by atoms with E-state index in [1.165, 1.54) is 12.8 Å². The SMILES string of the molecule is CCCC1CCC(c2ccc(OCc3ccc(-c4ccc(CC)cc4F)cc3)c(F)c2F)CC1. The fourth-order valence-electron chi connectivity index (χ4n) is 5.10. The van der Waals surface area contributed by atoms with Crippen LogP contribution in [-0.2, 0) is 13.0 Å². The predicted molar refractivity (Wildman–Crippen MR) is 132 cm³/mol. The van der Waals surface area contributed by atoms with Crippen molar-refractivity contribution in [3.63, 3.8) is 0 Å². The second kappa shape index (κ2) is 11.1. The number of ether oxygens (including phenoxy) is 1. The highest BCUT2D eigenvalue weighted by Crippen LogP contribution is 2.40. The Hall–Kier alpha value is -2.75. The van der Waals surface area contributed by atoms with Crippen LogP contribution in [0.15, 0.2) is 54.6 Å². The van der Waals surface area contributed by atoms with E-state index in [1.807, 2.05) is 37.3 Å². The molecule has 4 rings (SSSR count). The van der Waals surface area contributed by atoms with Gasteiger partial charge in [-0.15, -0.1) is 0 Å². The summed E-state index contributed by atoms with van der Waals surface area (Å²) in [7, 11) is 0. The lowest BCUT2D eigenvalue weighted by atomic mass is 9.77. The Balaban J connectivity index is 1.39. The van der Waals surface area contributed by atoms with Gasteiger partial charge in [0.25, 0.3) is 0 Å². The molecular formula is C30H33F3O. The summed E-state index contributed by atoms with van der Waals surface area (Å²) in [5, 5.41) is 0. The summed E-state index contributed by atoms with van der Waals surface area (Å²) in [4.78, 5) is 0. The van der Waals surface area contributed by atoms with Crippen LogP contribution < -0.4 is 4.74 Å². The smallest absolute Gasteiger partial charge is 0.200 e. The molecule has 0 aliphatic heterocycles. The number of aryl methyl sites for hydroxylation is 1. The Labute approximate surface area is 201 Å². The van der Waals surface area contributed by atoms with Crippen LogP contribution in [0, 0.1) is 23.4 Å². The van der Waals surface area contributed by atoms with Gasteiger partial charge in [0, 0.05) is 5.56 Å². The van der Waals surface area contributed by atoms with Gasteiger partial charge in [0.2, 0.25) is 5.82 Å². The maximum atomic E-state index is 14.9. The zero-order valence-electron chi connectivity index (χ0n) is 20.0. The van der Waals surface area contributed by atoms with Crippen molar-refractivity contribution >= 4 is 0 Å². The Kier molecular flexibility index (Phi) is 7.97. The minimum absolute atomic E-state index is 0.0776. The van der Waals surface area contributed by atoms with Crippen LogP contribution >= 0.6 is 0 Å². The minimum atomic E-state index is -0.914. The molecule has 0 spiro atoms. The van der Waals surface area contributed by atoms with Gasteiger partial charge in [0.15, 0.2) is 11.6 Å². The van der Waals surface area contributed by atoms with Crippen molar-refractivity contribution < 1.29 is 17.9 Å². The molecule has 0 amide bonds. The van der Waals surface area contributed by atoms with Crippen LogP contribution in [0.5, 0.6) is 5.75 Å². The van der Waals surface area contributed by atoms with E-state index >= 15 is 0 Å². The van der Waals surface area contributed by atoms with Gasteiger partial charge in [-0.05, 0) is 78.3 Å². The number of hydrogen-bond donors (Lipinski definition) is 0. The number of halogens is 3. The minimum Gasteiger partial charge on any atom is -0.486 e. The average molecular weight is 467 g/mol. The zero-order valence-corrected chi connectivity index (χ0v) is 20.0. The topological polar surface area (TPSA) is 9.23 Å². The van der Waals surface area contributed by atoms with Gasteiger partial charge >= 0.3 is 0 Å². The van der Waals surface area contributed by atoms with Crippen LogP contribution in [0.25, 0.3) is 11.1 Å². The third kappa shape index (κ3) is 5.48. The second-order valence-corrected chi connectivity index (χ2v) is 9.44. The van der Waals surface area contributed by atoms with E-state index in [4.69, 9.17) is 4.74 Å². The zero-order chi connectivity index (χ0) is 24.1. The molecule has 0 heterocycles. The van der Waals surface area contributed by atoms with Gasteiger partial charge in [-0.2, -0.15) is 4.39 Å². The van der Waals surface area contributed by atoms with Crippen LogP contribution in [0.2, 0.25) is 0 Å². The molecule has 0 saturated heterocycles. The molecule has 1 aliphatic rings. The van der Waals surface area contributed by atoms with Crippen molar-refractivity contribution in [2.75, 3.05) is 0 Å². The quantitative estimate of drug-likeness (QED) is 0.322. The molecule has 180 valence electrons. The van der Waals surface area contributed by atoms with Crippen molar-refractivity contribution in [3.8, 4) is 16.9 Å². The van der Waals surface area contributed by atoms with Crippen molar-refractivity contribution in [3.05, 3.63) is 88.7 Å². The molecule has 3 aromatic carbocycles. The first-order valence-corrected chi connectivity index (χ1v) is 12.5. The summed E-state index contributed by atoms with van der Waals surface area (Å²) in [6, 6.07) is 15.8. The van der Waals surface area contributed by atoms with Crippen molar-refractivity contribution in [2.24, 2.45) is 5.92 Å². The largest absolute Gasteiger partial charge is 0.486 e. The molecule has 0 bridgehead atoms. The molecule has 0 unspecified atom stereocenters. The summed E-state index contributed by atoms with van der Waals surface area (Å²) < 4.78 is 49.6. The molecule has 1 saturated carbocycles. The van der Waals surface area contributed by atoms with Gasteiger partial charge in [-0.1, -0.05) is 69.2 Å². The third-order valence-corrected chi connectivity index (χ3v) is 7.16. The first-order chi connectivity index (χ1) is 16.5. The first kappa shape index (κ1) is 24.4. The molecule has 0 N–H and O–H groups in total. The first-order valence-electron chi connectivity index (χ1n) is 12.5. The molecule has 3 aromatic rings. The van der Waals surface area contributed by atoms with Crippen molar-refractivity contribution in [2.45, 2.75) is 71.3 Å². The number of benzene rings is 3. The second-order valence-electron chi connectivity index (χ2n) is 9.44. The summed E-state index contributed by atoms with van der Waals surface area (Å²) in [6.45, 7) is 4.29. The molecule has 0 aromatic heterocycles. The predicted octanol–water partition coefficient (Wildman–Crippen LogP) is 8.99. The molecular weight excluding hydrogens is 433 g/mol. The molecule has 1 nitrogen and oxygen atoms in total. The Morgan fingerprint density at radius 2 is 1.50 bits per heavy atom. The van der Waals surface area contributed by atoms with E-state index < -0.39 is 11.6 Å². The van der Waals surface area contributed by atoms with E-state index in [2.05, 4.69) is 6.92 Å². The monoisotopic (exact) mass is 466 g/mol. The van der Waals surface area contributed by atoms with Gasteiger partial charge in [0.05, 0.1) is 0 Å². The van der Waals surface area contributed by atoms with Crippen LogP contribution in [0.1, 0.15) is 75.0 Å². The van der Waals surface area contributed by atoms with Gasteiger partial charge in [0.1, 0.15) is 12.4 Å². The van der Waals surface area contributed by atoms with E-state index in [9.17, 15) is 13.2 Å². The van der Waals surface area contributed by atoms with Crippen molar-refractivity contribution in [1.82, 2.24) is 0 Å². The van der Waals surface area contributed by atoms with Gasteiger partial charge in [-0.25, -0.2) is 8.78 Å². The molecule has 0 atom stereocenters. The van der Waals surface area contributed by atoms with Crippen LogP contribution in [-0.4, -0.2) is 0 Å². The van der Waals surface area contributed by atoms with Gasteiger partial charge in [-0.3, -0.25) is 0 Å². The lowest BCUT2D eigenvalue weighted by Crippen LogP contribution is -2.15. The van der Waals surface area contributed by atoms with E-state index in [1.54, 1.807) is 24.3 Å². The standard InChI is InChI=1S/C30H33F3O/c1-3-5-21-6-11-24(12-7-21)26-16-17-28(30(33)29(26)32)34-19-22-8-13-23(14-9-22)25-15-10-20(4-2)18-27(25)31/h8-10,13-18,21,24H,3-7,11-12,19H2,1-2H3. The highest BCUT2D eigenvalue weighted by atomic mass is 19.2. The molecule has 34 heavy (non-hydrogen) atoms. The van der Waals surface area contributed by atoms with E-state index in [0.29, 0.717) is 11.1 Å². The molecule has 1 aliphatic carbocycles. The summed E-state index contributed by atoms with van der Waals surface area (Å²) in [6.07, 6.45) is 7.17. The normalized spacial score (nSPS) is 18.1. The highest BCUT2D eigenvalue weighted by Gasteiger charge is 2.26. The maximum Gasteiger partial charge on any atom is 0.200 e. The van der Waals surface area contributed by atoms with Crippen LogP contribution in [0.4, 0.5) is 13.2 Å². The average Bonchev–Trinajstić information content (AvgIpc) is 2.86. The van der Waals surface area contributed by atoms with Gasteiger partial charge < -0.3 is 4.74 Å². The number of hydrogen-bond acceptors (Lipinski definition) is 1. The maximum absolute atomic E-state index is 14.9. The van der Waals surface area contributed by atoms with Crippen LogP contribution in [0.3, 0.4) is 0 Å². The van der Waals surface area contributed by atoms with E-state index in [0.717, 1.165) is 54.7 Å². The Morgan fingerprint density at radius 3 is 2.15 bits per heavy atom. The molecule has 0 radical (unpaired) electrons. The van der Waals surface area contributed by atoms with E-state index in [-0.39, 0.29) is 24.1 Å².